The topological polar surface area (TPSA) is 72.5 Å². The van der Waals surface area contributed by atoms with Crippen molar-refractivity contribution in [3.05, 3.63) is 21.9 Å². The molecule has 0 aliphatic rings. The maximum absolute atomic E-state index is 11.8. The van der Waals surface area contributed by atoms with Gasteiger partial charge in [0.2, 0.25) is 0 Å². The van der Waals surface area contributed by atoms with Crippen molar-refractivity contribution in [3.63, 3.8) is 0 Å². The first-order valence-electron chi connectivity index (χ1n) is 6.73. The number of rotatable bonds is 6. The van der Waals surface area contributed by atoms with Crippen molar-refractivity contribution in [1.29, 1.82) is 0 Å². The van der Waals surface area contributed by atoms with Gasteiger partial charge in [0.1, 0.15) is 0 Å². The first-order chi connectivity index (χ1) is 9.67. The third-order valence-electron chi connectivity index (χ3n) is 2.45. The van der Waals surface area contributed by atoms with Gasteiger partial charge >= 0.3 is 5.97 Å². The Hall–Kier alpha value is -1.69. The summed E-state index contributed by atoms with van der Waals surface area (Å²) in [4.78, 5) is 36.5. The molecule has 116 valence electrons. The summed E-state index contributed by atoms with van der Waals surface area (Å²) >= 11 is 1.41. The van der Waals surface area contributed by atoms with Gasteiger partial charge in [0.05, 0.1) is 11.3 Å². The van der Waals surface area contributed by atoms with Crippen LogP contribution in [0.15, 0.2) is 12.1 Å². The van der Waals surface area contributed by atoms with Gasteiger partial charge < -0.3 is 10.1 Å². The third kappa shape index (κ3) is 7.04. The minimum Gasteiger partial charge on any atom is -0.456 e. The number of esters is 1. The van der Waals surface area contributed by atoms with E-state index in [1.165, 1.54) is 11.3 Å². The van der Waals surface area contributed by atoms with Crippen LogP contribution in [0.2, 0.25) is 0 Å². The normalized spacial score (nSPS) is 11.0. The van der Waals surface area contributed by atoms with Gasteiger partial charge in [-0.2, -0.15) is 0 Å². The van der Waals surface area contributed by atoms with Crippen molar-refractivity contribution in [2.45, 2.75) is 46.1 Å². The van der Waals surface area contributed by atoms with Crippen LogP contribution in [0.3, 0.4) is 0 Å². The predicted molar refractivity (Wildman–Crippen MR) is 81.5 cm³/mol. The number of Topliss-reactive ketones (excluding diaryl/α,β-unsaturated/α-hetero) is 1. The summed E-state index contributed by atoms with van der Waals surface area (Å²) in [7, 11) is 0. The van der Waals surface area contributed by atoms with E-state index in [0.29, 0.717) is 4.88 Å². The summed E-state index contributed by atoms with van der Waals surface area (Å²) in [6.07, 6.45) is 0.0816. The van der Waals surface area contributed by atoms with Gasteiger partial charge in [0, 0.05) is 16.8 Å². The third-order valence-corrected chi connectivity index (χ3v) is 3.49. The highest BCUT2D eigenvalue weighted by atomic mass is 32.1. The van der Waals surface area contributed by atoms with E-state index >= 15 is 0 Å². The number of ketones is 1. The molecule has 0 fully saturated rings. The standard InChI is InChI=1S/C15H21NO4S/c1-10-5-7-12(21-10)11(17)6-8-14(19)20-9-13(18)16-15(2,3)4/h5,7H,6,8-9H2,1-4H3,(H,16,18). The van der Waals surface area contributed by atoms with Crippen molar-refractivity contribution in [2.75, 3.05) is 6.61 Å². The zero-order valence-electron chi connectivity index (χ0n) is 12.8. The second kappa shape index (κ2) is 7.36. The van der Waals surface area contributed by atoms with Crippen LogP contribution in [0.25, 0.3) is 0 Å². The van der Waals surface area contributed by atoms with Gasteiger partial charge in [-0.3, -0.25) is 14.4 Å². The van der Waals surface area contributed by atoms with E-state index in [1.807, 2.05) is 33.8 Å². The minimum atomic E-state index is -0.541. The second-order valence-corrected chi connectivity index (χ2v) is 7.08. The summed E-state index contributed by atoms with van der Waals surface area (Å²) in [6.45, 7) is 7.13. The van der Waals surface area contributed by atoms with Crippen LogP contribution in [0.1, 0.15) is 48.2 Å². The van der Waals surface area contributed by atoms with E-state index in [1.54, 1.807) is 6.07 Å². The molecule has 1 aromatic rings. The molecule has 1 heterocycles. The Morgan fingerprint density at radius 2 is 1.86 bits per heavy atom. The first-order valence-corrected chi connectivity index (χ1v) is 7.55. The number of ether oxygens (including phenoxy) is 1. The van der Waals surface area contributed by atoms with Gasteiger partial charge in [0.15, 0.2) is 12.4 Å². The number of hydrogen-bond acceptors (Lipinski definition) is 5. The molecule has 0 saturated heterocycles. The highest BCUT2D eigenvalue weighted by molar-refractivity contribution is 7.14. The molecule has 0 radical (unpaired) electrons. The number of carbonyl (C=O) groups is 3. The SMILES string of the molecule is Cc1ccc(C(=O)CCC(=O)OCC(=O)NC(C)(C)C)s1. The summed E-state index contributed by atoms with van der Waals surface area (Å²) in [5.74, 6) is -0.971. The van der Waals surface area contributed by atoms with Crippen LogP contribution in [-0.4, -0.2) is 29.8 Å². The molecule has 1 amide bonds. The van der Waals surface area contributed by atoms with Crippen LogP contribution in [0.4, 0.5) is 0 Å². The molecule has 21 heavy (non-hydrogen) atoms. The van der Waals surface area contributed by atoms with Gasteiger partial charge in [-0.05, 0) is 39.8 Å². The van der Waals surface area contributed by atoms with E-state index in [0.717, 1.165) is 4.88 Å². The molecular weight excluding hydrogens is 290 g/mol. The summed E-state index contributed by atoms with van der Waals surface area (Å²) in [6, 6.07) is 3.62. The zero-order valence-corrected chi connectivity index (χ0v) is 13.6. The van der Waals surface area contributed by atoms with Crippen molar-refractivity contribution in [1.82, 2.24) is 5.32 Å². The Bertz CT molecular complexity index is 528. The van der Waals surface area contributed by atoms with Gasteiger partial charge in [-0.25, -0.2) is 0 Å². The molecule has 0 bridgehead atoms. The van der Waals surface area contributed by atoms with Crippen molar-refractivity contribution in [2.24, 2.45) is 0 Å². The highest BCUT2D eigenvalue weighted by Gasteiger charge is 2.16. The molecule has 0 saturated carbocycles. The molecule has 0 aliphatic heterocycles. The van der Waals surface area contributed by atoms with Crippen molar-refractivity contribution in [3.8, 4) is 0 Å². The maximum Gasteiger partial charge on any atom is 0.306 e. The number of amides is 1. The lowest BCUT2D eigenvalue weighted by Crippen LogP contribution is -2.42. The molecular formula is C15H21NO4S. The summed E-state index contributed by atoms with van der Waals surface area (Å²) in [5, 5.41) is 2.69. The van der Waals surface area contributed by atoms with E-state index < -0.39 is 5.97 Å². The number of hydrogen-bond donors (Lipinski definition) is 1. The number of carbonyl (C=O) groups excluding carboxylic acids is 3. The molecule has 6 heteroatoms. The Morgan fingerprint density at radius 1 is 1.19 bits per heavy atom. The van der Waals surface area contributed by atoms with E-state index in [-0.39, 0.29) is 36.7 Å². The zero-order chi connectivity index (χ0) is 16.0. The van der Waals surface area contributed by atoms with Crippen LogP contribution in [0, 0.1) is 6.92 Å². The minimum absolute atomic E-state index is 0.0153. The van der Waals surface area contributed by atoms with Gasteiger partial charge in [-0.15, -0.1) is 11.3 Å². The fraction of sp³-hybridized carbons (Fsp3) is 0.533. The van der Waals surface area contributed by atoms with Crippen LogP contribution < -0.4 is 5.32 Å². The summed E-state index contributed by atoms with van der Waals surface area (Å²) < 4.78 is 4.84. The largest absolute Gasteiger partial charge is 0.456 e. The monoisotopic (exact) mass is 311 g/mol. The number of thiophene rings is 1. The van der Waals surface area contributed by atoms with E-state index in [9.17, 15) is 14.4 Å². The second-order valence-electron chi connectivity index (χ2n) is 5.79. The van der Waals surface area contributed by atoms with Crippen LogP contribution >= 0.6 is 11.3 Å². The highest BCUT2D eigenvalue weighted by Crippen LogP contribution is 2.17. The lowest BCUT2D eigenvalue weighted by atomic mass is 10.1. The quantitative estimate of drug-likeness (QED) is 0.647. The Kier molecular flexibility index (Phi) is 6.08. The lowest BCUT2D eigenvalue weighted by Gasteiger charge is -2.20. The Labute approximate surface area is 128 Å². The van der Waals surface area contributed by atoms with E-state index in [4.69, 9.17) is 4.74 Å². The lowest BCUT2D eigenvalue weighted by molar-refractivity contribution is -0.148. The van der Waals surface area contributed by atoms with Gasteiger partial charge in [-0.1, -0.05) is 0 Å². The molecule has 1 rings (SSSR count). The van der Waals surface area contributed by atoms with Crippen LogP contribution in [0.5, 0.6) is 0 Å². The first kappa shape index (κ1) is 17.4. The molecule has 0 unspecified atom stereocenters. The number of aryl methyl sites for hydroxylation is 1. The van der Waals surface area contributed by atoms with E-state index in [2.05, 4.69) is 5.32 Å². The Morgan fingerprint density at radius 3 is 2.38 bits per heavy atom. The summed E-state index contributed by atoms with van der Waals surface area (Å²) in [5.41, 5.74) is -0.365. The van der Waals surface area contributed by atoms with Crippen molar-refractivity contribution >= 4 is 29.0 Å². The molecule has 0 aliphatic carbocycles. The Balaban J connectivity index is 2.28. The molecule has 0 spiro atoms. The fourth-order valence-electron chi connectivity index (χ4n) is 1.60. The fourth-order valence-corrected chi connectivity index (χ4v) is 2.43. The molecule has 5 nitrogen and oxygen atoms in total. The average Bonchev–Trinajstić information content (AvgIpc) is 2.78. The molecule has 0 atom stereocenters. The maximum atomic E-state index is 11.8. The van der Waals surface area contributed by atoms with Crippen LogP contribution in [-0.2, 0) is 14.3 Å². The molecule has 0 aromatic carbocycles. The van der Waals surface area contributed by atoms with Crippen molar-refractivity contribution < 1.29 is 19.1 Å². The average molecular weight is 311 g/mol. The van der Waals surface area contributed by atoms with Gasteiger partial charge in [0.25, 0.3) is 5.91 Å². The predicted octanol–water partition coefficient (Wildman–Crippen LogP) is 2.48. The number of nitrogens with one attached hydrogen (secondary N) is 1. The molecule has 1 N–H and O–H groups in total. The smallest absolute Gasteiger partial charge is 0.306 e. The molecule has 1 aromatic heterocycles.